The van der Waals surface area contributed by atoms with Crippen LogP contribution in [0.5, 0.6) is 0 Å². The SMILES string of the molecule is COC(=O)C1=C(C)N=C2SC=C(CC(=O)NCc3ccco3)N2C1c1cccc(Cl)c1. The Bertz CT molecular complexity index is 1110. The third-order valence-corrected chi connectivity index (χ3v) is 6.08. The van der Waals surface area contributed by atoms with Crippen LogP contribution < -0.4 is 5.32 Å². The van der Waals surface area contributed by atoms with E-state index in [0.717, 1.165) is 11.3 Å². The summed E-state index contributed by atoms with van der Waals surface area (Å²) in [5.74, 6) is 0.0377. The number of amidine groups is 1. The summed E-state index contributed by atoms with van der Waals surface area (Å²) in [6, 6.07) is 10.4. The highest BCUT2D eigenvalue weighted by atomic mass is 35.5. The van der Waals surface area contributed by atoms with Crippen molar-refractivity contribution in [3.05, 3.63) is 81.4 Å². The zero-order chi connectivity index (χ0) is 22.0. The van der Waals surface area contributed by atoms with Gasteiger partial charge in [0.05, 0.1) is 43.7 Å². The van der Waals surface area contributed by atoms with Crippen LogP contribution in [0.2, 0.25) is 5.02 Å². The van der Waals surface area contributed by atoms with Gasteiger partial charge in [-0.3, -0.25) is 4.79 Å². The number of allylic oxidation sites excluding steroid dienone is 1. The van der Waals surface area contributed by atoms with Crippen LogP contribution >= 0.6 is 23.4 Å². The molecule has 3 heterocycles. The number of benzene rings is 1. The van der Waals surface area contributed by atoms with Crippen LogP contribution in [0.1, 0.15) is 30.7 Å². The number of nitrogens with zero attached hydrogens (tertiary/aromatic N) is 2. The zero-order valence-electron chi connectivity index (χ0n) is 16.9. The number of nitrogens with one attached hydrogen (secondary N) is 1. The Balaban J connectivity index is 1.63. The molecule has 1 N–H and O–H groups in total. The van der Waals surface area contributed by atoms with Crippen molar-refractivity contribution in [3.8, 4) is 0 Å². The summed E-state index contributed by atoms with van der Waals surface area (Å²) in [4.78, 5) is 31.8. The Hall–Kier alpha value is -2.97. The maximum absolute atomic E-state index is 12.7. The molecule has 1 unspecified atom stereocenters. The molecular weight excluding hydrogens is 438 g/mol. The molecule has 7 nitrogen and oxygen atoms in total. The lowest BCUT2D eigenvalue weighted by Gasteiger charge is -2.36. The van der Waals surface area contributed by atoms with E-state index in [1.807, 2.05) is 28.5 Å². The third kappa shape index (κ3) is 4.40. The van der Waals surface area contributed by atoms with E-state index in [9.17, 15) is 9.59 Å². The molecule has 4 rings (SSSR count). The standard InChI is InChI=1S/C22H20ClN3O4S/c1-13-19(21(28)29-2)20(14-5-3-6-15(23)9-14)26-16(12-31-22(26)25-13)10-18(27)24-11-17-7-4-8-30-17/h3-9,12,20H,10-11H2,1-2H3,(H,24,27). The monoisotopic (exact) mass is 457 g/mol. The predicted molar refractivity (Wildman–Crippen MR) is 119 cm³/mol. The van der Waals surface area contributed by atoms with Gasteiger partial charge < -0.3 is 19.4 Å². The lowest BCUT2D eigenvalue weighted by Crippen LogP contribution is -2.37. The maximum Gasteiger partial charge on any atom is 0.338 e. The first-order valence-corrected chi connectivity index (χ1v) is 10.8. The molecule has 0 aliphatic carbocycles. The van der Waals surface area contributed by atoms with E-state index in [4.69, 9.17) is 20.8 Å². The molecule has 0 spiro atoms. The van der Waals surface area contributed by atoms with Gasteiger partial charge in [0.25, 0.3) is 0 Å². The maximum atomic E-state index is 12.7. The molecule has 0 saturated heterocycles. The Morgan fingerprint density at radius 1 is 1.32 bits per heavy atom. The predicted octanol–water partition coefficient (Wildman–Crippen LogP) is 4.39. The summed E-state index contributed by atoms with van der Waals surface area (Å²) in [5, 5.41) is 5.99. The van der Waals surface area contributed by atoms with E-state index in [2.05, 4.69) is 10.3 Å². The van der Waals surface area contributed by atoms with Crippen molar-refractivity contribution >= 4 is 40.4 Å². The number of rotatable bonds is 6. The topological polar surface area (TPSA) is 84.1 Å². The fourth-order valence-electron chi connectivity index (χ4n) is 3.56. The van der Waals surface area contributed by atoms with Crippen LogP contribution in [-0.4, -0.2) is 29.1 Å². The normalized spacial score (nSPS) is 17.8. The molecule has 2 aliphatic rings. The Kier molecular flexibility index (Phi) is 6.20. The summed E-state index contributed by atoms with van der Waals surface area (Å²) >= 11 is 7.66. The van der Waals surface area contributed by atoms with Gasteiger partial charge in [-0.15, -0.1) is 0 Å². The van der Waals surface area contributed by atoms with Gasteiger partial charge in [-0.2, -0.15) is 0 Å². The second-order valence-corrected chi connectivity index (χ2v) is 8.25. The minimum Gasteiger partial charge on any atom is -0.467 e. The number of ether oxygens (including phenoxy) is 1. The Morgan fingerprint density at radius 2 is 2.16 bits per heavy atom. The molecule has 0 saturated carbocycles. The minimum atomic E-state index is -0.502. The number of halogens is 1. The van der Waals surface area contributed by atoms with Crippen LogP contribution in [0.4, 0.5) is 0 Å². The van der Waals surface area contributed by atoms with Gasteiger partial charge in [-0.1, -0.05) is 35.5 Å². The highest BCUT2D eigenvalue weighted by molar-refractivity contribution is 8.16. The molecule has 2 aliphatic heterocycles. The minimum absolute atomic E-state index is 0.122. The number of furan rings is 1. The van der Waals surface area contributed by atoms with Gasteiger partial charge in [-0.25, -0.2) is 9.79 Å². The van der Waals surface area contributed by atoms with Gasteiger partial charge in [0.1, 0.15) is 5.76 Å². The number of esters is 1. The van der Waals surface area contributed by atoms with E-state index in [0.29, 0.717) is 33.8 Å². The zero-order valence-corrected chi connectivity index (χ0v) is 18.5. The first-order chi connectivity index (χ1) is 15.0. The number of methoxy groups -OCH3 is 1. The van der Waals surface area contributed by atoms with Crippen LogP contribution in [0.15, 0.2) is 74.4 Å². The second-order valence-electron chi connectivity index (χ2n) is 6.97. The highest BCUT2D eigenvalue weighted by Crippen LogP contribution is 2.45. The van der Waals surface area contributed by atoms with Crippen molar-refractivity contribution in [2.24, 2.45) is 4.99 Å². The van der Waals surface area contributed by atoms with E-state index in [1.165, 1.54) is 18.9 Å². The molecular formula is C22H20ClN3O4S. The molecule has 1 aromatic heterocycles. The summed E-state index contributed by atoms with van der Waals surface area (Å²) < 4.78 is 10.3. The van der Waals surface area contributed by atoms with E-state index in [-0.39, 0.29) is 12.3 Å². The second kappa shape index (κ2) is 9.03. The van der Waals surface area contributed by atoms with Gasteiger partial charge >= 0.3 is 5.97 Å². The Morgan fingerprint density at radius 3 is 2.87 bits per heavy atom. The number of thioether (sulfide) groups is 1. The highest BCUT2D eigenvalue weighted by Gasteiger charge is 2.41. The first kappa shape index (κ1) is 21.3. The Labute approximate surface area is 188 Å². The number of hydrogen-bond acceptors (Lipinski definition) is 7. The van der Waals surface area contributed by atoms with E-state index < -0.39 is 12.0 Å². The first-order valence-electron chi connectivity index (χ1n) is 9.55. The molecule has 31 heavy (non-hydrogen) atoms. The average molecular weight is 458 g/mol. The number of aliphatic imine (C=N–C) groups is 1. The summed E-state index contributed by atoms with van der Waals surface area (Å²) in [7, 11) is 1.34. The molecule has 1 atom stereocenters. The van der Waals surface area contributed by atoms with Crippen molar-refractivity contribution in [1.82, 2.24) is 10.2 Å². The third-order valence-electron chi connectivity index (χ3n) is 4.95. The van der Waals surface area contributed by atoms with E-state index in [1.54, 1.807) is 31.4 Å². The van der Waals surface area contributed by atoms with Gasteiger partial charge in [-0.05, 0) is 42.2 Å². The molecule has 0 radical (unpaired) electrons. The number of carbonyl (C=O) groups is 2. The molecule has 0 fully saturated rings. The molecule has 9 heteroatoms. The van der Waals surface area contributed by atoms with Crippen LogP contribution in [0, 0.1) is 0 Å². The molecule has 1 aromatic carbocycles. The van der Waals surface area contributed by atoms with Crippen LogP contribution in [0.25, 0.3) is 0 Å². The van der Waals surface area contributed by atoms with Crippen molar-refractivity contribution in [1.29, 1.82) is 0 Å². The summed E-state index contributed by atoms with van der Waals surface area (Å²) in [6.45, 7) is 2.08. The lowest BCUT2D eigenvalue weighted by molar-refractivity contribution is -0.136. The smallest absolute Gasteiger partial charge is 0.338 e. The summed E-state index contributed by atoms with van der Waals surface area (Å²) in [5.41, 5.74) is 2.54. The number of carbonyl (C=O) groups excluding carboxylic acids is 2. The fraction of sp³-hybridized carbons (Fsp3) is 0.227. The quantitative estimate of drug-likeness (QED) is 0.648. The lowest BCUT2D eigenvalue weighted by atomic mass is 9.94. The molecule has 2 aromatic rings. The molecule has 160 valence electrons. The van der Waals surface area contributed by atoms with Crippen LogP contribution in [0.3, 0.4) is 0 Å². The number of fused-ring (bicyclic) bond motifs is 1. The van der Waals surface area contributed by atoms with Gasteiger partial charge in [0.2, 0.25) is 5.91 Å². The van der Waals surface area contributed by atoms with Crippen molar-refractivity contribution in [2.75, 3.05) is 7.11 Å². The fourth-order valence-corrected chi connectivity index (χ4v) is 4.72. The van der Waals surface area contributed by atoms with Crippen molar-refractivity contribution in [3.63, 3.8) is 0 Å². The van der Waals surface area contributed by atoms with Crippen LogP contribution in [-0.2, 0) is 20.9 Å². The number of amides is 1. The summed E-state index contributed by atoms with van der Waals surface area (Å²) in [6.07, 6.45) is 1.68. The average Bonchev–Trinajstić information content (AvgIpc) is 3.41. The largest absolute Gasteiger partial charge is 0.467 e. The van der Waals surface area contributed by atoms with Crippen molar-refractivity contribution < 1.29 is 18.7 Å². The number of hydrogen-bond donors (Lipinski definition) is 1. The van der Waals surface area contributed by atoms with Crippen molar-refractivity contribution in [2.45, 2.75) is 25.9 Å². The van der Waals surface area contributed by atoms with E-state index >= 15 is 0 Å². The van der Waals surface area contributed by atoms with Gasteiger partial charge in [0, 0.05) is 10.7 Å². The molecule has 0 bridgehead atoms. The van der Waals surface area contributed by atoms with Gasteiger partial charge in [0.15, 0.2) is 5.17 Å². The molecule has 1 amide bonds.